The van der Waals surface area contributed by atoms with Crippen LogP contribution in [0, 0.1) is 23.2 Å². The summed E-state index contributed by atoms with van der Waals surface area (Å²) in [5.41, 5.74) is 6.28. The third-order valence-electron chi connectivity index (χ3n) is 7.86. The zero-order chi connectivity index (χ0) is 22.4. The van der Waals surface area contributed by atoms with E-state index < -0.39 is 0 Å². The van der Waals surface area contributed by atoms with E-state index in [0.717, 1.165) is 26.1 Å². The van der Waals surface area contributed by atoms with Crippen molar-refractivity contribution in [2.24, 2.45) is 23.2 Å². The minimum absolute atomic E-state index is 0.0218. The van der Waals surface area contributed by atoms with Crippen molar-refractivity contribution in [3.05, 3.63) is 46.6 Å². The van der Waals surface area contributed by atoms with E-state index in [-0.39, 0.29) is 11.7 Å². The van der Waals surface area contributed by atoms with Crippen LogP contribution in [0.4, 0.5) is 0 Å². The van der Waals surface area contributed by atoms with Gasteiger partial charge in [-0.05, 0) is 90.9 Å². The molecule has 0 aromatic heterocycles. The molecule has 1 fully saturated rings. The molecule has 2 heteroatoms. The second-order valence-electron chi connectivity index (χ2n) is 11.1. The van der Waals surface area contributed by atoms with Crippen LogP contribution in [0.5, 0.6) is 0 Å². The molecule has 0 bridgehead atoms. The summed E-state index contributed by atoms with van der Waals surface area (Å²) in [6.45, 7) is 15.3. The summed E-state index contributed by atoms with van der Waals surface area (Å²) < 4.78 is 12.9. The molecule has 0 aromatic carbocycles. The van der Waals surface area contributed by atoms with Crippen molar-refractivity contribution in [1.82, 2.24) is 0 Å². The molecular weight excluding hydrogens is 380 g/mol. The van der Waals surface area contributed by atoms with Crippen LogP contribution in [0.2, 0.25) is 0 Å². The molecule has 0 saturated carbocycles. The summed E-state index contributed by atoms with van der Waals surface area (Å²) in [5.74, 6) is 1.76. The highest BCUT2D eigenvalue weighted by molar-refractivity contribution is 5.14. The third kappa shape index (κ3) is 6.68. The van der Waals surface area contributed by atoms with Gasteiger partial charge in [-0.15, -0.1) is 0 Å². The highest BCUT2D eigenvalue weighted by Crippen LogP contribution is 2.46. The van der Waals surface area contributed by atoms with Gasteiger partial charge in [0.25, 0.3) is 0 Å². The van der Waals surface area contributed by atoms with Gasteiger partial charge in [-0.2, -0.15) is 0 Å². The normalized spacial score (nSPS) is 33.5. The van der Waals surface area contributed by atoms with E-state index >= 15 is 0 Å². The van der Waals surface area contributed by atoms with Crippen LogP contribution >= 0.6 is 0 Å². The topological polar surface area (TPSA) is 18.5 Å². The Balaban J connectivity index is 1.50. The van der Waals surface area contributed by atoms with Gasteiger partial charge >= 0.3 is 0 Å². The van der Waals surface area contributed by atoms with Crippen molar-refractivity contribution in [3.8, 4) is 0 Å². The molecule has 1 heterocycles. The molecule has 0 unspecified atom stereocenters. The standard InChI is InChI=1S/C29H46O2/c1-21(2)9-7-11-25-13-14-27(23(5)17-25)28-30-19-29(20-31-28)16-15-26(18-24(29)6)12-8-10-22(3)4/h9-10,13,15,23-24,27-28H,7-8,11-12,14,16-20H2,1-6H3/t23-,24-,27+,28?,29?/m0/s1. The van der Waals surface area contributed by atoms with Crippen molar-refractivity contribution in [3.63, 3.8) is 0 Å². The predicted octanol–water partition coefficient (Wildman–Crippen LogP) is 8.17. The van der Waals surface area contributed by atoms with Crippen LogP contribution in [0.25, 0.3) is 0 Å². The lowest BCUT2D eigenvalue weighted by atomic mass is 9.67. The Hall–Kier alpha value is -1.12. The Morgan fingerprint density at radius 1 is 0.903 bits per heavy atom. The predicted molar refractivity (Wildman–Crippen MR) is 132 cm³/mol. The molecule has 0 aromatic rings. The zero-order valence-electron chi connectivity index (χ0n) is 21.0. The molecule has 0 N–H and O–H groups in total. The molecule has 174 valence electrons. The van der Waals surface area contributed by atoms with Crippen LogP contribution < -0.4 is 0 Å². The maximum atomic E-state index is 6.45. The number of hydrogen-bond acceptors (Lipinski definition) is 2. The van der Waals surface area contributed by atoms with Gasteiger partial charge < -0.3 is 9.47 Å². The van der Waals surface area contributed by atoms with Crippen LogP contribution in [-0.4, -0.2) is 19.5 Å². The monoisotopic (exact) mass is 426 g/mol. The summed E-state index contributed by atoms with van der Waals surface area (Å²) in [5, 5.41) is 0. The largest absolute Gasteiger partial charge is 0.352 e. The highest BCUT2D eigenvalue weighted by Gasteiger charge is 2.45. The molecule has 31 heavy (non-hydrogen) atoms. The van der Waals surface area contributed by atoms with Crippen molar-refractivity contribution in [1.29, 1.82) is 0 Å². The fourth-order valence-electron chi connectivity index (χ4n) is 5.54. The lowest BCUT2D eigenvalue weighted by molar-refractivity contribution is -0.265. The van der Waals surface area contributed by atoms with E-state index in [1.165, 1.54) is 49.7 Å². The first-order valence-corrected chi connectivity index (χ1v) is 12.6. The number of ether oxygens (including phenoxy) is 2. The average Bonchev–Trinajstić information content (AvgIpc) is 2.71. The van der Waals surface area contributed by atoms with Gasteiger partial charge in [-0.25, -0.2) is 0 Å². The molecule has 1 saturated heterocycles. The van der Waals surface area contributed by atoms with E-state index in [9.17, 15) is 0 Å². The second-order valence-corrected chi connectivity index (χ2v) is 11.1. The van der Waals surface area contributed by atoms with E-state index in [2.05, 4.69) is 65.8 Å². The maximum absolute atomic E-state index is 6.45. The Bertz CT molecular complexity index is 707. The zero-order valence-corrected chi connectivity index (χ0v) is 21.0. The van der Waals surface area contributed by atoms with Gasteiger partial charge in [0.15, 0.2) is 6.29 Å². The molecule has 0 amide bonds. The highest BCUT2D eigenvalue weighted by atomic mass is 16.7. The molecule has 1 aliphatic heterocycles. The Morgan fingerprint density at radius 3 is 2.00 bits per heavy atom. The first-order chi connectivity index (χ1) is 14.8. The SMILES string of the molecule is CC(C)=CCCC1=CC[C@@H](C2OCC3(CC=C(CCC=C(C)C)C[C@@H]3C)CO2)[C@@H](C)C1. The van der Waals surface area contributed by atoms with Crippen LogP contribution in [0.3, 0.4) is 0 Å². The molecule has 0 radical (unpaired) electrons. The number of allylic oxidation sites excluding steroid dienone is 8. The molecule has 2 aliphatic carbocycles. The molecule has 1 spiro atoms. The Morgan fingerprint density at radius 2 is 1.48 bits per heavy atom. The maximum Gasteiger partial charge on any atom is 0.160 e. The summed E-state index contributed by atoms with van der Waals surface area (Å²) in [6.07, 6.45) is 19.0. The van der Waals surface area contributed by atoms with Gasteiger partial charge in [0, 0.05) is 11.3 Å². The van der Waals surface area contributed by atoms with Crippen LogP contribution in [0.15, 0.2) is 46.6 Å². The number of hydrogen-bond donors (Lipinski definition) is 0. The Labute approximate surface area is 191 Å². The molecular formula is C29H46O2. The minimum atomic E-state index is -0.0218. The minimum Gasteiger partial charge on any atom is -0.352 e. The number of rotatable bonds is 7. The first kappa shape index (κ1) is 24.5. The van der Waals surface area contributed by atoms with Gasteiger partial charge in [0.1, 0.15) is 0 Å². The molecule has 3 rings (SSSR count). The lowest BCUT2D eigenvalue weighted by Gasteiger charge is -2.48. The van der Waals surface area contributed by atoms with Crippen molar-refractivity contribution >= 4 is 0 Å². The van der Waals surface area contributed by atoms with E-state index in [0.29, 0.717) is 17.8 Å². The fraction of sp³-hybridized carbons (Fsp3) is 0.724. The first-order valence-electron chi connectivity index (χ1n) is 12.6. The van der Waals surface area contributed by atoms with E-state index in [1.807, 2.05) is 0 Å². The van der Waals surface area contributed by atoms with Crippen LogP contribution in [-0.2, 0) is 9.47 Å². The molecule has 2 nitrogen and oxygen atoms in total. The second kappa shape index (κ2) is 11.1. The fourth-order valence-corrected chi connectivity index (χ4v) is 5.54. The summed E-state index contributed by atoms with van der Waals surface area (Å²) in [6, 6.07) is 0. The van der Waals surface area contributed by atoms with Gasteiger partial charge in [0.05, 0.1) is 13.2 Å². The smallest absolute Gasteiger partial charge is 0.160 e. The van der Waals surface area contributed by atoms with Crippen molar-refractivity contribution in [2.75, 3.05) is 13.2 Å². The quantitative estimate of drug-likeness (QED) is 0.382. The average molecular weight is 427 g/mol. The van der Waals surface area contributed by atoms with Gasteiger partial charge in [-0.3, -0.25) is 0 Å². The van der Waals surface area contributed by atoms with Gasteiger partial charge in [-0.1, -0.05) is 60.4 Å². The summed E-state index contributed by atoms with van der Waals surface area (Å²) >= 11 is 0. The van der Waals surface area contributed by atoms with Crippen LogP contribution in [0.1, 0.15) is 92.9 Å². The van der Waals surface area contributed by atoms with E-state index in [1.54, 1.807) is 11.1 Å². The van der Waals surface area contributed by atoms with E-state index in [4.69, 9.17) is 9.47 Å². The summed E-state index contributed by atoms with van der Waals surface area (Å²) in [4.78, 5) is 0. The molecule has 3 atom stereocenters. The van der Waals surface area contributed by atoms with Gasteiger partial charge in [0.2, 0.25) is 0 Å². The summed E-state index contributed by atoms with van der Waals surface area (Å²) in [7, 11) is 0. The van der Waals surface area contributed by atoms with Crippen molar-refractivity contribution < 1.29 is 9.47 Å². The molecule has 3 aliphatic rings. The lowest BCUT2D eigenvalue weighted by Crippen LogP contribution is -2.49. The van der Waals surface area contributed by atoms with Crippen molar-refractivity contribution in [2.45, 2.75) is 99.2 Å². The Kier molecular flexibility index (Phi) is 8.82. The third-order valence-corrected chi connectivity index (χ3v) is 7.86.